The van der Waals surface area contributed by atoms with E-state index in [2.05, 4.69) is 5.10 Å². The van der Waals surface area contributed by atoms with Crippen LogP contribution in [0.25, 0.3) is 0 Å². The van der Waals surface area contributed by atoms with Crippen molar-refractivity contribution in [3.63, 3.8) is 0 Å². The van der Waals surface area contributed by atoms with E-state index in [1.165, 1.54) is 11.7 Å². The Hall–Kier alpha value is -1.36. The number of amides is 1. The van der Waals surface area contributed by atoms with Crippen molar-refractivity contribution in [3.8, 4) is 0 Å². The smallest absolute Gasteiger partial charge is 0.278 e. The van der Waals surface area contributed by atoms with Crippen molar-refractivity contribution < 1.29 is 4.79 Å². The van der Waals surface area contributed by atoms with Gasteiger partial charge < -0.3 is 0 Å². The zero-order valence-corrected chi connectivity index (χ0v) is 7.40. The molecule has 1 amide bonds. The Bertz CT molecular complexity index is 302. The average Bonchev–Trinajstić information content (AvgIpc) is 2.28. The number of hydrazine groups is 1. The fourth-order valence-electron chi connectivity index (χ4n) is 0.991. The van der Waals surface area contributed by atoms with Gasteiger partial charge in [0.1, 0.15) is 5.69 Å². The Kier molecular flexibility index (Phi) is 2.14. The second kappa shape index (κ2) is 2.94. The van der Waals surface area contributed by atoms with Crippen molar-refractivity contribution in [2.45, 2.75) is 6.92 Å². The molecule has 0 aromatic carbocycles. The predicted molar refractivity (Wildman–Crippen MR) is 44.2 cm³/mol. The first-order valence-corrected chi connectivity index (χ1v) is 3.55. The molecule has 0 radical (unpaired) electrons. The van der Waals surface area contributed by atoms with Crippen LogP contribution in [0.15, 0.2) is 6.07 Å². The third-order valence-electron chi connectivity index (χ3n) is 1.54. The summed E-state index contributed by atoms with van der Waals surface area (Å²) in [5.74, 6) is 5.05. The fourth-order valence-corrected chi connectivity index (χ4v) is 0.991. The van der Waals surface area contributed by atoms with Gasteiger partial charge in [-0.2, -0.15) is 5.10 Å². The Morgan fingerprint density at radius 2 is 2.33 bits per heavy atom. The summed E-state index contributed by atoms with van der Waals surface area (Å²) in [7, 11) is 3.22. The molecule has 0 saturated carbocycles. The summed E-state index contributed by atoms with van der Waals surface area (Å²) in [4.78, 5) is 11.3. The first-order valence-electron chi connectivity index (χ1n) is 3.55. The normalized spacial score (nSPS) is 10.0. The largest absolute Gasteiger partial charge is 0.285 e. The van der Waals surface area contributed by atoms with E-state index in [0.29, 0.717) is 5.69 Å². The van der Waals surface area contributed by atoms with Crippen LogP contribution < -0.4 is 5.84 Å². The molecule has 0 spiro atoms. The standard InChI is InChI=1S/C7H12N4O/c1-5-4-6(11(3)9-5)7(12)10(2)8/h4H,8H2,1-3H3. The number of carbonyl (C=O) groups is 1. The van der Waals surface area contributed by atoms with Gasteiger partial charge in [-0.25, -0.2) is 5.84 Å². The first-order chi connectivity index (χ1) is 5.52. The van der Waals surface area contributed by atoms with Crippen LogP contribution in [0.5, 0.6) is 0 Å². The van der Waals surface area contributed by atoms with E-state index in [0.717, 1.165) is 10.7 Å². The van der Waals surface area contributed by atoms with E-state index in [9.17, 15) is 4.79 Å². The Labute approximate surface area is 70.7 Å². The van der Waals surface area contributed by atoms with Gasteiger partial charge in [0.25, 0.3) is 5.91 Å². The van der Waals surface area contributed by atoms with Crippen LogP contribution in [0.1, 0.15) is 16.2 Å². The zero-order chi connectivity index (χ0) is 9.30. The van der Waals surface area contributed by atoms with E-state index in [4.69, 9.17) is 5.84 Å². The molecule has 0 aliphatic carbocycles. The van der Waals surface area contributed by atoms with Crippen LogP contribution >= 0.6 is 0 Å². The maximum Gasteiger partial charge on any atom is 0.285 e. The molecule has 12 heavy (non-hydrogen) atoms. The van der Waals surface area contributed by atoms with E-state index in [-0.39, 0.29) is 5.91 Å². The highest BCUT2D eigenvalue weighted by molar-refractivity contribution is 5.92. The van der Waals surface area contributed by atoms with Crippen molar-refractivity contribution in [1.82, 2.24) is 14.8 Å². The van der Waals surface area contributed by atoms with Crippen molar-refractivity contribution in [3.05, 3.63) is 17.5 Å². The van der Waals surface area contributed by atoms with Gasteiger partial charge in [-0.05, 0) is 13.0 Å². The molecular weight excluding hydrogens is 156 g/mol. The van der Waals surface area contributed by atoms with Crippen molar-refractivity contribution in [1.29, 1.82) is 0 Å². The monoisotopic (exact) mass is 168 g/mol. The molecule has 0 bridgehead atoms. The lowest BCUT2D eigenvalue weighted by atomic mass is 10.3. The van der Waals surface area contributed by atoms with Crippen molar-refractivity contribution >= 4 is 5.91 Å². The number of aromatic nitrogens is 2. The first kappa shape index (κ1) is 8.73. The van der Waals surface area contributed by atoms with E-state index >= 15 is 0 Å². The SMILES string of the molecule is Cc1cc(C(=O)N(C)N)n(C)n1. The Balaban J connectivity index is 3.02. The minimum Gasteiger partial charge on any atom is -0.278 e. The maximum atomic E-state index is 11.3. The highest BCUT2D eigenvalue weighted by atomic mass is 16.2. The quantitative estimate of drug-likeness (QED) is 0.355. The average molecular weight is 168 g/mol. The second-order valence-corrected chi connectivity index (χ2v) is 2.71. The molecule has 0 aliphatic heterocycles. The lowest BCUT2D eigenvalue weighted by Crippen LogP contribution is -2.34. The molecular formula is C7H12N4O. The van der Waals surface area contributed by atoms with Gasteiger partial charge in [0.15, 0.2) is 0 Å². The van der Waals surface area contributed by atoms with Gasteiger partial charge in [-0.1, -0.05) is 0 Å². The van der Waals surface area contributed by atoms with Crippen molar-refractivity contribution in [2.75, 3.05) is 7.05 Å². The fraction of sp³-hybridized carbons (Fsp3) is 0.429. The molecule has 0 atom stereocenters. The molecule has 66 valence electrons. The lowest BCUT2D eigenvalue weighted by molar-refractivity contribution is 0.0784. The van der Waals surface area contributed by atoms with Gasteiger partial charge in [0.2, 0.25) is 0 Å². The third-order valence-corrected chi connectivity index (χ3v) is 1.54. The molecule has 1 heterocycles. The van der Waals surface area contributed by atoms with E-state index in [1.807, 2.05) is 6.92 Å². The summed E-state index contributed by atoms with van der Waals surface area (Å²) in [5, 5.41) is 5.07. The number of nitrogens with two attached hydrogens (primary N) is 1. The summed E-state index contributed by atoms with van der Waals surface area (Å²) >= 11 is 0. The van der Waals surface area contributed by atoms with Gasteiger partial charge in [0, 0.05) is 14.1 Å². The number of aryl methyl sites for hydroxylation is 2. The molecule has 2 N–H and O–H groups in total. The zero-order valence-electron chi connectivity index (χ0n) is 7.40. The number of carbonyl (C=O) groups excluding carboxylic acids is 1. The van der Waals surface area contributed by atoms with Crippen LogP contribution in [0.3, 0.4) is 0 Å². The van der Waals surface area contributed by atoms with Crippen LogP contribution in [0.4, 0.5) is 0 Å². The molecule has 5 heteroatoms. The minimum atomic E-state index is -0.238. The van der Waals surface area contributed by atoms with Gasteiger partial charge in [-0.15, -0.1) is 0 Å². The Morgan fingerprint density at radius 1 is 1.75 bits per heavy atom. The summed E-state index contributed by atoms with van der Waals surface area (Å²) in [6, 6.07) is 1.70. The highest BCUT2D eigenvalue weighted by Gasteiger charge is 2.13. The van der Waals surface area contributed by atoms with Gasteiger partial charge >= 0.3 is 0 Å². The van der Waals surface area contributed by atoms with E-state index in [1.54, 1.807) is 13.1 Å². The van der Waals surface area contributed by atoms with Gasteiger partial charge in [0.05, 0.1) is 5.69 Å². The summed E-state index contributed by atoms with van der Waals surface area (Å²) in [6.45, 7) is 1.83. The Morgan fingerprint density at radius 3 is 2.67 bits per heavy atom. The van der Waals surface area contributed by atoms with Crippen LogP contribution in [-0.2, 0) is 7.05 Å². The summed E-state index contributed by atoms with van der Waals surface area (Å²) in [5.41, 5.74) is 1.31. The van der Waals surface area contributed by atoms with Gasteiger partial charge in [-0.3, -0.25) is 14.5 Å². The van der Waals surface area contributed by atoms with Crippen molar-refractivity contribution in [2.24, 2.45) is 12.9 Å². The number of hydrogen-bond donors (Lipinski definition) is 1. The molecule has 5 nitrogen and oxygen atoms in total. The third kappa shape index (κ3) is 1.45. The molecule has 0 saturated heterocycles. The number of hydrogen-bond acceptors (Lipinski definition) is 3. The number of rotatable bonds is 1. The molecule has 1 aromatic rings. The minimum absolute atomic E-state index is 0.238. The summed E-state index contributed by atoms with van der Waals surface area (Å²) < 4.78 is 1.51. The van der Waals surface area contributed by atoms with E-state index < -0.39 is 0 Å². The molecule has 0 unspecified atom stereocenters. The summed E-state index contributed by atoms with van der Waals surface area (Å²) in [6.07, 6.45) is 0. The lowest BCUT2D eigenvalue weighted by Gasteiger charge is -2.08. The second-order valence-electron chi connectivity index (χ2n) is 2.71. The van der Waals surface area contributed by atoms with Crippen LogP contribution in [0.2, 0.25) is 0 Å². The number of nitrogens with zero attached hydrogens (tertiary/aromatic N) is 3. The maximum absolute atomic E-state index is 11.3. The predicted octanol–water partition coefficient (Wildman–Crippen LogP) is -0.326. The molecule has 0 aliphatic rings. The molecule has 1 rings (SSSR count). The molecule has 1 aromatic heterocycles. The molecule has 0 fully saturated rings. The van der Waals surface area contributed by atoms with Crippen LogP contribution in [0, 0.1) is 6.92 Å². The highest BCUT2D eigenvalue weighted by Crippen LogP contribution is 2.02. The topological polar surface area (TPSA) is 64.2 Å². The van der Waals surface area contributed by atoms with Crippen LogP contribution in [-0.4, -0.2) is 27.7 Å².